The van der Waals surface area contributed by atoms with E-state index in [1.165, 1.54) is 0 Å². The van der Waals surface area contributed by atoms with Crippen molar-refractivity contribution in [3.05, 3.63) is 29.3 Å². The highest BCUT2D eigenvalue weighted by atomic mass is 35.5. The predicted molar refractivity (Wildman–Crippen MR) is 65.8 cm³/mol. The second-order valence-corrected chi connectivity index (χ2v) is 4.46. The largest absolute Gasteiger partial charge is 0.371 e. The lowest BCUT2D eigenvalue weighted by atomic mass is 10.1. The first kappa shape index (κ1) is 11.3. The minimum absolute atomic E-state index is 0.112. The van der Waals surface area contributed by atoms with Gasteiger partial charge in [0.15, 0.2) is 0 Å². The van der Waals surface area contributed by atoms with Gasteiger partial charge in [0.2, 0.25) is 5.91 Å². The average molecular weight is 239 g/mol. The molecule has 4 heteroatoms. The summed E-state index contributed by atoms with van der Waals surface area (Å²) >= 11 is 5.84. The third kappa shape index (κ3) is 2.30. The molecule has 0 saturated carbocycles. The van der Waals surface area contributed by atoms with Crippen LogP contribution >= 0.6 is 11.6 Å². The van der Waals surface area contributed by atoms with E-state index in [1.807, 2.05) is 24.3 Å². The molecule has 1 aromatic carbocycles. The number of carbonyl (C=O) groups is 1. The summed E-state index contributed by atoms with van der Waals surface area (Å²) in [5.41, 5.74) is 1.14. The second-order valence-electron chi connectivity index (χ2n) is 4.02. The fraction of sp³-hybridized carbons (Fsp3) is 0.417. The number of carbonyl (C=O) groups excluding carboxylic acids is 1. The van der Waals surface area contributed by atoms with E-state index in [0.717, 1.165) is 30.2 Å². The van der Waals surface area contributed by atoms with Gasteiger partial charge in [-0.1, -0.05) is 11.6 Å². The first-order valence-corrected chi connectivity index (χ1v) is 5.80. The SMILES string of the molecule is CNC(=O)[C@@H]1CCN(c2ccc(Cl)cc2)C1. The van der Waals surface area contributed by atoms with Crippen LogP contribution in [-0.4, -0.2) is 26.0 Å². The Morgan fingerprint density at radius 1 is 1.44 bits per heavy atom. The molecule has 1 aliphatic heterocycles. The molecule has 1 aromatic rings. The van der Waals surface area contributed by atoms with Crippen molar-refractivity contribution in [3.8, 4) is 0 Å². The highest BCUT2D eigenvalue weighted by Crippen LogP contribution is 2.25. The van der Waals surface area contributed by atoms with Gasteiger partial charge >= 0.3 is 0 Å². The topological polar surface area (TPSA) is 32.3 Å². The van der Waals surface area contributed by atoms with Crippen LogP contribution in [0.25, 0.3) is 0 Å². The van der Waals surface area contributed by atoms with Crippen molar-refractivity contribution < 1.29 is 4.79 Å². The Bertz CT molecular complexity index is 377. The molecule has 2 rings (SSSR count). The van der Waals surface area contributed by atoms with Gasteiger partial charge in [0.1, 0.15) is 0 Å². The Hall–Kier alpha value is -1.22. The lowest BCUT2D eigenvalue weighted by molar-refractivity contribution is -0.123. The summed E-state index contributed by atoms with van der Waals surface area (Å²) in [5, 5.41) is 3.44. The van der Waals surface area contributed by atoms with Gasteiger partial charge in [0, 0.05) is 30.8 Å². The fourth-order valence-electron chi connectivity index (χ4n) is 2.06. The quantitative estimate of drug-likeness (QED) is 0.854. The lowest BCUT2D eigenvalue weighted by Gasteiger charge is -2.18. The minimum Gasteiger partial charge on any atom is -0.371 e. The molecule has 1 aliphatic rings. The van der Waals surface area contributed by atoms with Gasteiger partial charge in [0.05, 0.1) is 5.92 Å². The maximum Gasteiger partial charge on any atom is 0.224 e. The second kappa shape index (κ2) is 4.74. The Labute approximate surface area is 100 Å². The Balaban J connectivity index is 2.03. The third-order valence-electron chi connectivity index (χ3n) is 3.00. The summed E-state index contributed by atoms with van der Waals surface area (Å²) in [6, 6.07) is 7.75. The smallest absolute Gasteiger partial charge is 0.224 e. The number of benzene rings is 1. The van der Waals surface area contributed by atoms with Crippen LogP contribution in [0.5, 0.6) is 0 Å². The molecule has 0 aliphatic carbocycles. The van der Waals surface area contributed by atoms with E-state index in [2.05, 4.69) is 10.2 Å². The zero-order chi connectivity index (χ0) is 11.5. The fourth-order valence-corrected chi connectivity index (χ4v) is 2.19. The average Bonchev–Trinajstić information content (AvgIpc) is 2.78. The Morgan fingerprint density at radius 2 is 2.12 bits per heavy atom. The van der Waals surface area contributed by atoms with Crippen molar-refractivity contribution in [2.24, 2.45) is 5.92 Å². The highest BCUT2D eigenvalue weighted by molar-refractivity contribution is 6.30. The predicted octanol–water partition coefficient (Wildman–Crippen LogP) is 1.91. The van der Waals surface area contributed by atoms with E-state index in [0.29, 0.717) is 0 Å². The number of halogens is 1. The molecule has 0 unspecified atom stereocenters. The van der Waals surface area contributed by atoms with Crippen molar-refractivity contribution >= 4 is 23.2 Å². The summed E-state index contributed by atoms with van der Waals surface area (Å²) in [5.74, 6) is 0.247. The number of rotatable bonds is 2. The van der Waals surface area contributed by atoms with Crippen LogP contribution in [0.1, 0.15) is 6.42 Å². The summed E-state index contributed by atoms with van der Waals surface area (Å²) in [6.45, 7) is 1.72. The summed E-state index contributed by atoms with van der Waals surface area (Å²) < 4.78 is 0. The van der Waals surface area contributed by atoms with Crippen LogP contribution in [0.15, 0.2) is 24.3 Å². The maximum absolute atomic E-state index is 11.5. The number of amides is 1. The van der Waals surface area contributed by atoms with Crippen LogP contribution < -0.4 is 10.2 Å². The molecule has 0 radical (unpaired) electrons. The summed E-state index contributed by atoms with van der Waals surface area (Å²) in [6.07, 6.45) is 0.919. The van der Waals surface area contributed by atoms with Gasteiger partial charge < -0.3 is 10.2 Å². The van der Waals surface area contributed by atoms with E-state index < -0.39 is 0 Å². The van der Waals surface area contributed by atoms with E-state index in [1.54, 1.807) is 7.05 Å². The van der Waals surface area contributed by atoms with Crippen molar-refractivity contribution in [3.63, 3.8) is 0 Å². The summed E-state index contributed by atoms with van der Waals surface area (Å²) in [4.78, 5) is 13.7. The van der Waals surface area contributed by atoms with Gasteiger partial charge in [-0.15, -0.1) is 0 Å². The summed E-state index contributed by atoms with van der Waals surface area (Å²) in [7, 11) is 1.69. The number of hydrogen-bond acceptors (Lipinski definition) is 2. The molecule has 1 N–H and O–H groups in total. The van der Waals surface area contributed by atoms with Crippen LogP contribution in [0.3, 0.4) is 0 Å². The van der Waals surface area contributed by atoms with Gasteiger partial charge in [-0.25, -0.2) is 0 Å². The third-order valence-corrected chi connectivity index (χ3v) is 3.25. The van der Waals surface area contributed by atoms with Gasteiger partial charge in [0.25, 0.3) is 0 Å². The molecule has 0 aromatic heterocycles. The zero-order valence-electron chi connectivity index (χ0n) is 9.24. The number of nitrogens with zero attached hydrogens (tertiary/aromatic N) is 1. The molecule has 1 heterocycles. The first-order chi connectivity index (χ1) is 7.70. The maximum atomic E-state index is 11.5. The number of anilines is 1. The van der Waals surface area contributed by atoms with Crippen LogP contribution in [-0.2, 0) is 4.79 Å². The monoisotopic (exact) mass is 238 g/mol. The van der Waals surface area contributed by atoms with Crippen LogP contribution in [0, 0.1) is 5.92 Å². The Morgan fingerprint density at radius 3 is 2.75 bits per heavy atom. The van der Waals surface area contributed by atoms with Crippen LogP contribution in [0.2, 0.25) is 5.02 Å². The standard InChI is InChI=1S/C12H15ClN2O/c1-14-12(16)9-6-7-15(8-9)11-4-2-10(13)3-5-11/h2-5,9H,6-8H2,1H3,(H,14,16)/t9-/m1/s1. The molecule has 3 nitrogen and oxygen atoms in total. The molecule has 16 heavy (non-hydrogen) atoms. The van der Waals surface area contributed by atoms with Crippen molar-refractivity contribution in [2.45, 2.75) is 6.42 Å². The molecular weight excluding hydrogens is 224 g/mol. The van der Waals surface area contributed by atoms with Gasteiger partial charge in [-0.3, -0.25) is 4.79 Å². The van der Waals surface area contributed by atoms with E-state index >= 15 is 0 Å². The first-order valence-electron chi connectivity index (χ1n) is 5.43. The van der Waals surface area contributed by atoms with Crippen molar-refractivity contribution in [1.82, 2.24) is 5.32 Å². The van der Waals surface area contributed by atoms with Gasteiger partial charge in [-0.05, 0) is 30.7 Å². The number of hydrogen-bond donors (Lipinski definition) is 1. The molecule has 1 fully saturated rings. The molecule has 1 atom stereocenters. The molecular formula is C12H15ClN2O. The molecule has 0 bridgehead atoms. The van der Waals surface area contributed by atoms with Gasteiger partial charge in [-0.2, -0.15) is 0 Å². The Kier molecular flexibility index (Phi) is 3.34. The molecule has 0 spiro atoms. The number of nitrogens with one attached hydrogen (secondary N) is 1. The lowest BCUT2D eigenvalue weighted by Crippen LogP contribution is -2.30. The van der Waals surface area contributed by atoms with E-state index in [9.17, 15) is 4.79 Å². The van der Waals surface area contributed by atoms with Crippen molar-refractivity contribution in [1.29, 1.82) is 0 Å². The van der Waals surface area contributed by atoms with Crippen LogP contribution in [0.4, 0.5) is 5.69 Å². The zero-order valence-corrected chi connectivity index (χ0v) is 10.00. The van der Waals surface area contributed by atoms with E-state index in [-0.39, 0.29) is 11.8 Å². The van der Waals surface area contributed by atoms with E-state index in [4.69, 9.17) is 11.6 Å². The van der Waals surface area contributed by atoms with Crippen molar-refractivity contribution in [2.75, 3.05) is 25.0 Å². The highest BCUT2D eigenvalue weighted by Gasteiger charge is 2.27. The normalized spacial score (nSPS) is 19.9. The molecule has 1 amide bonds. The minimum atomic E-state index is 0.112. The molecule has 86 valence electrons. The molecule has 1 saturated heterocycles.